The first kappa shape index (κ1) is 13.9. The number of hydrogen-bond acceptors (Lipinski definition) is 3. The summed E-state index contributed by atoms with van der Waals surface area (Å²) in [6, 6.07) is 6.60. The summed E-state index contributed by atoms with van der Waals surface area (Å²) in [5.41, 5.74) is 0.491. The molecule has 0 aliphatic heterocycles. The summed E-state index contributed by atoms with van der Waals surface area (Å²) in [5.74, 6) is -0.221. The van der Waals surface area contributed by atoms with E-state index in [1.54, 1.807) is 24.3 Å². The van der Waals surface area contributed by atoms with Crippen molar-refractivity contribution in [3.8, 4) is 0 Å². The average molecular weight is 263 g/mol. The molecule has 4 heteroatoms. The molecule has 0 spiro atoms. The van der Waals surface area contributed by atoms with Gasteiger partial charge in [0.05, 0.1) is 11.2 Å². The molecule has 1 fully saturated rings. The number of hydrogen-bond donors (Lipinski definition) is 3. The van der Waals surface area contributed by atoms with Crippen molar-refractivity contribution in [2.75, 3.05) is 11.9 Å². The molecule has 2 rings (SSSR count). The van der Waals surface area contributed by atoms with Gasteiger partial charge in [-0.25, -0.2) is 4.79 Å². The molecule has 1 aromatic carbocycles. The largest absolute Gasteiger partial charge is 0.478 e. The Labute approximate surface area is 113 Å². The van der Waals surface area contributed by atoms with Crippen LogP contribution in [0.2, 0.25) is 0 Å². The van der Waals surface area contributed by atoms with Crippen LogP contribution in [0, 0.1) is 5.92 Å². The molecule has 1 aromatic rings. The first-order valence-electron chi connectivity index (χ1n) is 6.78. The maximum absolute atomic E-state index is 10.7. The van der Waals surface area contributed by atoms with E-state index in [0.717, 1.165) is 31.4 Å². The Morgan fingerprint density at radius 2 is 1.89 bits per heavy atom. The second kappa shape index (κ2) is 5.61. The highest BCUT2D eigenvalue weighted by atomic mass is 16.4. The molecule has 0 heterocycles. The van der Waals surface area contributed by atoms with Crippen molar-refractivity contribution in [1.29, 1.82) is 0 Å². The van der Waals surface area contributed by atoms with Gasteiger partial charge in [-0.05, 0) is 55.9 Å². The van der Waals surface area contributed by atoms with Crippen molar-refractivity contribution in [3.05, 3.63) is 29.8 Å². The number of carboxylic acids is 1. The van der Waals surface area contributed by atoms with Crippen molar-refractivity contribution in [3.63, 3.8) is 0 Å². The third-order valence-electron chi connectivity index (χ3n) is 3.96. The third-order valence-corrected chi connectivity index (χ3v) is 3.96. The smallest absolute Gasteiger partial charge is 0.335 e. The Balaban J connectivity index is 1.89. The van der Waals surface area contributed by atoms with Gasteiger partial charge in [0.2, 0.25) is 0 Å². The number of nitrogens with one attached hydrogen (secondary N) is 1. The van der Waals surface area contributed by atoms with Crippen LogP contribution < -0.4 is 5.32 Å². The average Bonchev–Trinajstić information content (AvgIpc) is 2.41. The lowest BCUT2D eigenvalue weighted by Crippen LogP contribution is -2.40. The van der Waals surface area contributed by atoms with Crippen molar-refractivity contribution >= 4 is 11.7 Å². The van der Waals surface area contributed by atoms with E-state index in [2.05, 4.69) is 12.2 Å². The second-order valence-corrected chi connectivity index (χ2v) is 5.64. The zero-order valence-corrected chi connectivity index (χ0v) is 11.2. The Morgan fingerprint density at radius 1 is 1.32 bits per heavy atom. The van der Waals surface area contributed by atoms with Gasteiger partial charge >= 0.3 is 5.97 Å². The quantitative estimate of drug-likeness (QED) is 0.781. The lowest BCUT2D eigenvalue weighted by atomic mass is 9.79. The van der Waals surface area contributed by atoms with E-state index in [1.165, 1.54) is 0 Å². The Bertz CT molecular complexity index is 433. The number of aliphatic hydroxyl groups is 1. The van der Waals surface area contributed by atoms with Crippen LogP contribution in [-0.4, -0.2) is 28.3 Å². The molecule has 1 aliphatic rings. The third kappa shape index (κ3) is 3.70. The predicted molar refractivity (Wildman–Crippen MR) is 74.5 cm³/mol. The van der Waals surface area contributed by atoms with Crippen LogP contribution in [0.1, 0.15) is 43.0 Å². The van der Waals surface area contributed by atoms with Crippen molar-refractivity contribution in [2.45, 2.75) is 38.2 Å². The molecule has 0 amide bonds. The van der Waals surface area contributed by atoms with Gasteiger partial charge in [0.15, 0.2) is 0 Å². The van der Waals surface area contributed by atoms with Crippen LogP contribution >= 0.6 is 0 Å². The van der Waals surface area contributed by atoms with Gasteiger partial charge in [0.1, 0.15) is 0 Å². The van der Waals surface area contributed by atoms with E-state index in [-0.39, 0.29) is 5.56 Å². The van der Waals surface area contributed by atoms with Crippen molar-refractivity contribution in [2.24, 2.45) is 5.92 Å². The minimum atomic E-state index is -0.925. The SMILES string of the molecule is CC1CCC(O)(CNc2ccc(C(=O)O)cc2)CC1. The normalized spacial score (nSPS) is 26.9. The maximum Gasteiger partial charge on any atom is 0.335 e. The summed E-state index contributed by atoms with van der Waals surface area (Å²) in [4.78, 5) is 10.7. The lowest BCUT2D eigenvalue weighted by molar-refractivity contribution is 0.00500. The van der Waals surface area contributed by atoms with Gasteiger partial charge in [-0.1, -0.05) is 6.92 Å². The van der Waals surface area contributed by atoms with Crippen molar-refractivity contribution < 1.29 is 15.0 Å². The highest BCUT2D eigenvalue weighted by Gasteiger charge is 2.31. The number of carbonyl (C=O) groups is 1. The predicted octanol–water partition coefficient (Wildman–Crippen LogP) is 2.74. The fourth-order valence-corrected chi connectivity index (χ4v) is 2.47. The zero-order chi connectivity index (χ0) is 13.9. The van der Waals surface area contributed by atoms with Gasteiger partial charge in [0, 0.05) is 12.2 Å². The molecule has 1 saturated carbocycles. The van der Waals surface area contributed by atoms with Crippen LogP contribution in [0.25, 0.3) is 0 Å². The number of anilines is 1. The molecule has 0 radical (unpaired) electrons. The first-order chi connectivity index (χ1) is 8.98. The van der Waals surface area contributed by atoms with Gasteiger partial charge in [0.25, 0.3) is 0 Å². The molecule has 0 aromatic heterocycles. The fourth-order valence-electron chi connectivity index (χ4n) is 2.47. The molecule has 0 unspecified atom stereocenters. The lowest BCUT2D eigenvalue weighted by Gasteiger charge is -2.35. The number of benzene rings is 1. The van der Waals surface area contributed by atoms with Crippen LogP contribution in [0.4, 0.5) is 5.69 Å². The summed E-state index contributed by atoms with van der Waals surface area (Å²) >= 11 is 0. The molecule has 1 aliphatic carbocycles. The number of carboxylic acid groups (broad SMARTS) is 1. The van der Waals surface area contributed by atoms with E-state index >= 15 is 0 Å². The summed E-state index contributed by atoms with van der Waals surface area (Å²) in [7, 11) is 0. The molecule has 4 nitrogen and oxygen atoms in total. The topological polar surface area (TPSA) is 69.6 Å². The highest BCUT2D eigenvalue weighted by molar-refractivity contribution is 5.87. The molecule has 3 N–H and O–H groups in total. The summed E-state index contributed by atoms with van der Waals surface area (Å²) in [6.07, 6.45) is 3.79. The highest BCUT2D eigenvalue weighted by Crippen LogP contribution is 2.31. The second-order valence-electron chi connectivity index (χ2n) is 5.64. The Hall–Kier alpha value is -1.55. The van der Waals surface area contributed by atoms with Crippen LogP contribution in [0.3, 0.4) is 0 Å². The van der Waals surface area contributed by atoms with Gasteiger partial charge in [-0.3, -0.25) is 0 Å². The number of aromatic carboxylic acids is 1. The zero-order valence-electron chi connectivity index (χ0n) is 11.2. The molecule has 104 valence electrons. The van der Waals surface area contributed by atoms with E-state index in [4.69, 9.17) is 5.11 Å². The van der Waals surface area contributed by atoms with E-state index in [1.807, 2.05) is 0 Å². The fraction of sp³-hybridized carbons (Fsp3) is 0.533. The van der Waals surface area contributed by atoms with Crippen LogP contribution in [-0.2, 0) is 0 Å². The van der Waals surface area contributed by atoms with Crippen LogP contribution in [0.15, 0.2) is 24.3 Å². The first-order valence-corrected chi connectivity index (χ1v) is 6.78. The molecule has 19 heavy (non-hydrogen) atoms. The maximum atomic E-state index is 10.7. The molecule has 0 atom stereocenters. The summed E-state index contributed by atoms with van der Waals surface area (Å²) < 4.78 is 0. The van der Waals surface area contributed by atoms with E-state index in [9.17, 15) is 9.90 Å². The summed E-state index contributed by atoms with van der Waals surface area (Å²) in [5, 5.41) is 22.4. The van der Waals surface area contributed by atoms with Crippen LogP contribution in [0.5, 0.6) is 0 Å². The van der Waals surface area contributed by atoms with E-state index < -0.39 is 11.6 Å². The summed E-state index contributed by atoms with van der Waals surface area (Å²) in [6.45, 7) is 2.74. The standard InChI is InChI=1S/C15H21NO3/c1-11-6-8-15(19,9-7-11)10-16-13-4-2-12(3-5-13)14(17)18/h2-5,11,16,19H,6-10H2,1H3,(H,17,18). The molecular weight excluding hydrogens is 242 g/mol. The minimum absolute atomic E-state index is 0.274. The van der Waals surface area contributed by atoms with Gasteiger partial charge in [-0.15, -0.1) is 0 Å². The monoisotopic (exact) mass is 263 g/mol. The minimum Gasteiger partial charge on any atom is -0.478 e. The van der Waals surface area contributed by atoms with E-state index in [0.29, 0.717) is 12.5 Å². The Morgan fingerprint density at radius 3 is 2.42 bits per heavy atom. The Kier molecular flexibility index (Phi) is 4.10. The van der Waals surface area contributed by atoms with Gasteiger partial charge in [-0.2, -0.15) is 0 Å². The molecular formula is C15H21NO3. The number of rotatable bonds is 4. The molecule has 0 bridgehead atoms. The van der Waals surface area contributed by atoms with Crippen molar-refractivity contribution in [1.82, 2.24) is 0 Å². The molecule has 0 saturated heterocycles. The van der Waals surface area contributed by atoms with Gasteiger partial charge < -0.3 is 15.5 Å².